The Hall–Kier alpha value is -1.75. The van der Waals surface area contributed by atoms with Crippen LogP contribution in [0.15, 0.2) is 24.3 Å². The van der Waals surface area contributed by atoms with E-state index in [-0.39, 0.29) is 0 Å². The van der Waals surface area contributed by atoms with E-state index in [1.807, 2.05) is 12.1 Å². The number of benzene rings is 1. The van der Waals surface area contributed by atoms with Crippen molar-refractivity contribution >= 4 is 5.91 Å². The summed E-state index contributed by atoms with van der Waals surface area (Å²) in [7, 11) is 0. The maximum Gasteiger partial charge on any atom is 0.258 e. The second kappa shape index (κ2) is 5.93. The summed E-state index contributed by atoms with van der Waals surface area (Å²) < 4.78 is 11.2. The molecule has 21 heavy (non-hydrogen) atoms. The molecule has 1 amide bonds. The Kier molecular flexibility index (Phi) is 4.01. The van der Waals surface area contributed by atoms with E-state index in [0.29, 0.717) is 11.8 Å². The number of carbonyl (C=O) groups excluding carboxylic acids is 1. The van der Waals surface area contributed by atoms with E-state index in [2.05, 4.69) is 4.90 Å². The highest BCUT2D eigenvalue weighted by Gasteiger charge is 2.38. The van der Waals surface area contributed by atoms with E-state index in [1.54, 1.807) is 19.1 Å². The minimum absolute atomic E-state index is 0.472. The van der Waals surface area contributed by atoms with Crippen LogP contribution in [-0.4, -0.2) is 42.6 Å². The van der Waals surface area contributed by atoms with Gasteiger partial charge < -0.3 is 15.2 Å². The van der Waals surface area contributed by atoms with Crippen LogP contribution in [0.5, 0.6) is 11.5 Å². The third-order valence-corrected chi connectivity index (χ3v) is 4.00. The smallest absolute Gasteiger partial charge is 0.258 e. The van der Waals surface area contributed by atoms with Crippen molar-refractivity contribution in [1.29, 1.82) is 0 Å². The monoisotopic (exact) mass is 290 g/mol. The van der Waals surface area contributed by atoms with Crippen molar-refractivity contribution in [3.8, 4) is 11.5 Å². The van der Waals surface area contributed by atoms with E-state index in [4.69, 9.17) is 15.2 Å². The minimum atomic E-state index is -0.626. The molecule has 5 nitrogen and oxygen atoms in total. The van der Waals surface area contributed by atoms with Crippen molar-refractivity contribution in [3.05, 3.63) is 24.3 Å². The van der Waals surface area contributed by atoms with E-state index in [9.17, 15) is 4.79 Å². The van der Waals surface area contributed by atoms with Crippen molar-refractivity contribution < 1.29 is 14.3 Å². The number of rotatable bonds is 8. The number of nitrogens with zero attached hydrogens (tertiary/aromatic N) is 1. The van der Waals surface area contributed by atoms with Crippen molar-refractivity contribution in [2.45, 2.75) is 31.9 Å². The summed E-state index contributed by atoms with van der Waals surface area (Å²) in [6.07, 6.45) is 2.17. The molecular weight excluding hydrogens is 268 g/mol. The maximum atomic E-state index is 10.9. The summed E-state index contributed by atoms with van der Waals surface area (Å²) in [6, 6.07) is 7.89. The van der Waals surface area contributed by atoms with Gasteiger partial charge in [0.1, 0.15) is 18.1 Å². The first kappa shape index (κ1) is 14.2. The van der Waals surface area contributed by atoms with E-state index in [1.165, 1.54) is 19.4 Å². The average molecular weight is 290 g/mol. The number of hydrogen-bond acceptors (Lipinski definition) is 4. The number of amides is 1. The quantitative estimate of drug-likeness (QED) is 0.735. The van der Waals surface area contributed by atoms with Crippen LogP contribution in [0.4, 0.5) is 0 Å². The number of hydrogen-bond donors (Lipinski definition) is 1. The van der Waals surface area contributed by atoms with Crippen LogP contribution < -0.4 is 15.2 Å². The maximum absolute atomic E-state index is 10.9. The summed E-state index contributed by atoms with van der Waals surface area (Å²) in [6.45, 7) is 4.78. The molecule has 1 aromatic rings. The Balaban J connectivity index is 1.41. The molecule has 1 aliphatic carbocycles. The van der Waals surface area contributed by atoms with Gasteiger partial charge in [-0.15, -0.1) is 0 Å². The fourth-order valence-corrected chi connectivity index (χ4v) is 2.31. The SMILES string of the molecule is CC(Oc1ccc(OCC2CN2CC2CC2)cc1)C(N)=O. The van der Waals surface area contributed by atoms with Gasteiger partial charge in [-0.2, -0.15) is 0 Å². The zero-order chi connectivity index (χ0) is 14.8. The Bertz CT molecular complexity index is 499. The molecule has 0 radical (unpaired) electrons. The van der Waals surface area contributed by atoms with Gasteiger partial charge in [0.15, 0.2) is 6.10 Å². The molecule has 0 bridgehead atoms. The summed E-state index contributed by atoms with van der Waals surface area (Å²) in [4.78, 5) is 13.4. The summed E-state index contributed by atoms with van der Waals surface area (Å²) >= 11 is 0. The first-order valence-electron chi connectivity index (χ1n) is 7.54. The van der Waals surface area contributed by atoms with Crippen LogP contribution in [-0.2, 0) is 4.79 Å². The molecule has 1 heterocycles. The number of ether oxygens (including phenoxy) is 2. The molecule has 1 saturated carbocycles. The molecule has 2 aliphatic rings. The lowest BCUT2D eigenvalue weighted by Gasteiger charge is -2.12. The largest absolute Gasteiger partial charge is 0.492 e. The lowest BCUT2D eigenvalue weighted by Crippen LogP contribution is -2.30. The number of primary amides is 1. The second-order valence-corrected chi connectivity index (χ2v) is 6.00. The summed E-state index contributed by atoms with van der Waals surface area (Å²) in [5, 5.41) is 0. The van der Waals surface area contributed by atoms with Gasteiger partial charge in [-0.3, -0.25) is 9.69 Å². The third-order valence-electron chi connectivity index (χ3n) is 4.00. The van der Waals surface area contributed by atoms with Gasteiger partial charge in [0.2, 0.25) is 0 Å². The van der Waals surface area contributed by atoms with Crippen molar-refractivity contribution in [2.75, 3.05) is 19.7 Å². The Morgan fingerprint density at radius 3 is 2.62 bits per heavy atom. The van der Waals surface area contributed by atoms with Gasteiger partial charge in [0.05, 0.1) is 6.04 Å². The standard InChI is InChI=1S/C16H22N2O3/c1-11(16(17)19)21-15-6-4-14(5-7-15)20-10-13-9-18(13)8-12-2-3-12/h4-7,11-13H,2-3,8-10H2,1H3,(H2,17,19). The van der Waals surface area contributed by atoms with E-state index in [0.717, 1.165) is 24.8 Å². The zero-order valence-electron chi connectivity index (χ0n) is 12.3. The normalized spacial score (nSPS) is 25.2. The van der Waals surface area contributed by atoms with Crippen LogP contribution in [0, 0.1) is 5.92 Å². The molecule has 114 valence electrons. The first-order valence-corrected chi connectivity index (χ1v) is 7.54. The Morgan fingerprint density at radius 1 is 1.33 bits per heavy atom. The topological polar surface area (TPSA) is 64.6 Å². The van der Waals surface area contributed by atoms with Crippen molar-refractivity contribution in [1.82, 2.24) is 4.90 Å². The number of nitrogens with two attached hydrogens (primary N) is 1. The van der Waals surface area contributed by atoms with Crippen molar-refractivity contribution in [3.63, 3.8) is 0 Å². The van der Waals surface area contributed by atoms with Gasteiger partial charge in [-0.25, -0.2) is 0 Å². The van der Waals surface area contributed by atoms with Gasteiger partial charge in [-0.1, -0.05) is 0 Å². The molecule has 2 fully saturated rings. The molecule has 0 spiro atoms. The van der Waals surface area contributed by atoms with Gasteiger partial charge in [-0.05, 0) is 49.9 Å². The highest BCUT2D eigenvalue weighted by molar-refractivity contribution is 5.78. The third kappa shape index (κ3) is 4.11. The lowest BCUT2D eigenvalue weighted by molar-refractivity contribution is -0.123. The van der Waals surface area contributed by atoms with Gasteiger partial charge in [0, 0.05) is 13.1 Å². The fourth-order valence-electron chi connectivity index (χ4n) is 2.31. The van der Waals surface area contributed by atoms with Gasteiger partial charge >= 0.3 is 0 Å². The molecular formula is C16H22N2O3. The lowest BCUT2D eigenvalue weighted by atomic mass is 10.3. The minimum Gasteiger partial charge on any atom is -0.492 e. The molecule has 1 aliphatic heterocycles. The molecule has 3 unspecified atom stereocenters. The molecule has 1 saturated heterocycles. The Morgan fingerprint density at radius 2 is 2.00 bits per heavy atom. The van der Waals surface area contributed by atoms with Crippen LogP contribution in [0.3, 0.4) is 0 Å². The molecule has 0 aromatic heterocycles. The van der Waals surface area contributed by atoms with E-state index >= 15 is 0 Å². The molecule has 3 atom stereocenters. The van der Waals surface area contributed by atoms with Gasteiger partial charge in [0.25, 0.3) is 5.91 Å². The molecule has 3 rings (SSSR count). The predicted molar refractivity (Wildman–Crippen MR) is 79.3 cm³/mol. The molecule has 2 N–H and O–H groups in total. The van der Waals surface area contributed by atoms with Crippen LogP contribution in [0.2, 0.25) is 0 Å². The van der Waals surface area contributed by atoms with Crippen LogP contribution in [0.1, 0.15) is 19.8 Å². The molecule has 1 aromatic carbocycles. The zero-order valence-corrected chi connectivity index (χ0v) is 12.3. The predicted octanol–water partition coefficient (Wildman–Crippen LogP) is 1.41. The van der Waals surface area contributed by atoms with Crippen molar-refractivity contribution in [2.24, 2.45) is 11.7 Å². The molecule has 5 heteroatoms. The highest BCUT2D eigenvalue weighted by Crippen LogP contribution is 2.33. The Labute approximate surface area is 125 Å². The average Bonchev–Trinajstić information content (AvgIpc) is 3.37. The number of carbonyl (C=O) groups is 1. The first-order chi connectivity index (χ1) is 10.1. The van der Waals surface area contributed by atoms with E-state index < -0.39 is 12.0 Å². The summed E-state index contributed by atoms with van der Waals surface area (Å²) in [5.74, 6) is 1.92. The highest BCUT2D eigenvalue weighted by atomic mass is 16.5. The summed E-state index contributed by atoms with van der Waals surface area (Å²) in [5.41, 5.74) is 5.16. The van der Waals surface area contributed by atoms with Crippen LogP contribution in [0.25, 0.3) is 0 Å². The van der Waals surface area contributed by atoms with Crippen LogP contribution >= 0.6 is 0 Å². The fraction of sp³-hybridized carbons (Fsp3) is 0.562. The second-order valence-electron chi connectivity index (χ2n) is 6.00.